The summed E-state index contributed by atoms with van der Waals surface area (Å²) in [7, 11) is 0. The SMILES string of the molecule is Cc1cc(C(O)c2ccc(Cl)o2)cs1. The highest BCUT2D eigenvalue weighted by molar-refractivity contribution is 7.10. The molecule has 14 heavy (non-hydrogen) atoms. The third-order valence-corrected chi connectivity index (χ3v) is 3.01. The summed E-state index contributed by atoms with van der Waals surface area (Å²) in [5.74, 6) is 0.479. The van der Waals surface area contributed by atoms with Gasteiger partial charge in [0, 0.05) is 4.88 Å². The van der Waals surface area contributed by atoms with Gasteiger partial charge in [0.2, 0.25) is 0 Å². The molecule has 0 fully saturated rings. The lowest BCUT2D eigenvalue weighted by molar-refractivity contribution is 0.190. The van der Waals surface area contributed by atoms with Gasteiger partial charge in [-0.05, 0) is 47.7 Å². The second kappa shape index (κ2) is 3.77. The van der Waals surface area contributed by atoms with Gasteiger partial charge in [-0.15, -0.1) is 11.3 Å². The molecule has 0 radical (unpaired) electrons. The second-order valence-corrected chi connectivity index (χ2v) is 4.52. The van der Waals surface area contributed by atoms with Gasteiger partial charge in [0.05, 0.1) is 0 Å². The molecular weight excluding hydrogens is 220 g/mol. The van der Waals surface area contributed by atoms with Crippen molar-refractivity contribution in [3.63, 3.8) is 0 Å². The summed E-state index contributed by atoms with van der Waals surface area (Å²) in [5, 5.41) is 12.1. The van der Waals surface area contributed by atoms with Gasteiger partial charge in [-0.3, -0.25) is 0 Å². The molecule has 0 spiro atoms. The van der Waals surface area contributed by atoms with Crippen molar-refractivity contribution in [1.82, 2.24) is 0 Å². The van der Waals surface area contributed by atoms with Gasteiger partial charge < -0.3 is 9.52 Å². The topological polar surface area (TPSA) is 33.4 Å². The molecule has 2 heterocycles. The van der Waals surface area contributed by atoms with E-state index in [1.165, 1.54) is 0 Å². The molecule has 2 rings (SSSR count). The van der Waals surface area contributed by atoms with Crippen molar-refractivity contribution in [3.8, 4) is 0 Å². The summed E-state index contributed by atoms with van der Waals surface area (Å²) in [5.41, 5.74) is 0.846. The van der Waals surface area contributed by atoms with E-state index in [-0.39, 0.29) is 0 Å². The van der Waals surface area contributed by atoms with Crippen molar-refractivity contribution in [3.05, 3.63) is 45.0 Å². The minimum absolute atomic E-state index is 0.297. The van der Waals surface area contributed by atoms with E-state index in [4.69, 9.17) is 16.0 Å². The Morgan fingerprint density at radius 3 is 2.79 bits per heavy atom. The molecule has 0 aromatic carbocycles. The zero-order chi connectivity index (χ0) is 10.1. The molecular formula is C10H9ClO2S. The Kier molecular flexibility index (Phi) is 2.63. The quantitative estimate of drug-likeness (QED) is 0.855. The summed E-state index contributed by atoms with van der Waals surface area (Å²) < 4.78 is 5.13. The predicted molar refractivity (Wildman–Crippen MR) is 56.8 cm³/mol. The first-order valence-corrected chi connectivity index (χ1v) is 5.41. The molecule has 0 amide bonds. The number of thiophene rings is 1. The zero-order valence-electron chi connectivity index (χ0n) is 7.53. The van der Waals surface area contributed by atoms with Crippen LogP contribution < -0.4 is 0 Å². The molecule has 1 atom stereocenters. The predicted octanol–water partition coefficient (Wildman–Crippen LogP) is 3.38. The van der Waals surface area contributed by atoms with Gasteiger partial charge >= 0.3 is 0 Å². The van der Waals surface area contributed by atoms with Crippen molar-refractivity contribution in [2.75, 3.05) is 0 Å². The number of hydrogen-bond acceptors (Lipinski definition) is 3. The molecule has 0 aliphatic rings. The highest BCUT2D eigenvalue weighted by atomic mass is 35.5. The number of rotatable bonds is 2. The monoisotopic (exact) mass is 228 g/mol. The zero-order valence-corrected chi connectivity index (χ0v) is 9.10. The number of hydrogen-bond donors (Lipinski definition) is 1. The Morgan fingerprint density at radius 1 is 1.50 bits per heavy atom. The summed E-state index contributed by atoms with van der Waals surface area (Å²) in [6.07, 6.45) is -0.715. The maximum absolute atomic E-state index is 9.87. The highest BCUT2D eigenvalue weighted by Crippen LogP contribution is 2.28. The van der Waals surface area contributed by atoms with Crippen LogP contribution in [0.15, 0.2) is 28.0 Å². The van der Waals surface area contributed by atoms with E-state index in [1.807, 2.05) is 18.4 Å². The first-order chi connectivity index (χ1) is 6.66. The van der Waals surface area contributed by atoms with Gasteiger partial charge in [-0.1, -0.05) is 0 Å². The fraction of sp³-hybridized carbons (Fsp3) is 0.200. The van der Waals surface area contributed by atoms with Crippen LogP contribution in [0.3, 0.4) is 0 Å². The molecule has 2 aromatic rings. The van der Waals surface area contributed by atoms with Crippen LogP contribution in [-0.2, 0) is 0 Å². The summed E-state index contributed by atoms with van der Waals surface area (Å²) in [4.78, 5) is 1.16. The third kappa shape index (κ3) is 1.85. The number of aryl methyl sites for hydroxylation is 1. The Hall–Kier alpha value is -0.770. The minimum Gasteiger partial charge on any atom is -0.447 e. The Balaban J connectivity index is 2.28. The highest BCUT2D eigenvalue weighted by Gasteiger charge is 2.15. The van der Waals surface area contributed by atoms with Crippen LogP contribution >= 0.6 is 22.9 Å². The molecule has 74 valence electrons. The smallest absolute Gasteiger partial charge is 0.193 e. The molecule has 1 unspecified atom stereocenters. The minimum atomic E-state index is -0.715. The van der Waals surface area contributed by atoms with Crippen molar-refractivity contribution < 1.29 is 9.52 Å². The van der Waals surface area contributed by atoms with Crippen molar-refractivity contribution >= 4 is 22.9 Å². The van der Waals surface area contributed by atoms with Crippen molar-refractivity contribution in [2.24, 2.45) is 0 Å². The van der Waals surface area contributed by atoms with Gasteiger partial charge in [0.15, 0.2) is 5.22 Å². The maximum Gasteiger partial charge on any atom is 0.193 e. The van der Waals surface area contributed by atoms with Crippen LogP contribution in [0.25, 0.3) is 0 Å². The average molecular weight is 229 g/mol. The van der Waals surface area contributed by atoms with Crippen LogP contribution in [0.4, 0.5) is 0 Å². The lowest BCUT2D eigenvalue weighted by atomic mass is 10.1. The third-order valence-electron chi connectivity index (χ3n) is 1.93. The fourth-order valence-electron chi connectivity index (χ4n) is 1.25. The van der Waals surface area contributed by atoms with E-state index in [1.54, 1.807) is 23.5 Å². The van der Waals surface area contributed by atoms with Crippen molar-refractivity contribution in [2.45, 2.75) is 13.0 Å². The summed E-state index contributed by atoms with van der Waals surface area (Å²) in [6, 6.07) is 5.24. The summed E-state index contributed by atoms with van der Waals surface area (Å²) >= 11 is 7.22. The van der Waals surface area contributed by atoms with Crippen LogP contribution in [0.1, 0.15) is 22.3 Å². The van der Waals surface area contributed by atoms with Gasteiger partial charge in [-0.25, -0.2) is 0 Å². The first kappa shape index (κ1) is 9.77. The molecule has 0 saturated carbocycles. The van der Waals surface area contributed by atoms with Crippen LogP contribution in [0.2, 0.25) is 5.22 Å². The number of halogens is 1. The number of aliphatic hydroxyl groups is 1. The van der Waals surface area contributed by atoms with E-state index in [2.05, 4.69) is 0 Å². The fourth-order valence-corrected chi connectivity index (χ4v) is 2.12. The molecule has 4 heteroatoms. The van der Waals surface area contributed by atoms with Crippen LogP contribution in [-0.4, -0.2) is 5.11 Å². The van der Waals surface area contributed by atoms with E-state index in [0.29, 0.717) is 11.0 Å². The van der Waals surface area contributed by atoms with E-state index in [9.17, 15) is 5.11 Å². The normalized spacial score (nSPS) is 13.1. The van der Waals surface area contributed by atoms with Gasteiger partial charge in [0.25, 0.3) is 0 Å². The Labute approximate surface area is 90.8 Å². The largest absolute Gasteiger partial charge is 0.447 e. The molecule has 1 N–H and O–H groups in total. The molecule has 0 aliphatic carbocycles. The van der Waals surface area contributed by atoms with Gasteiger partial charge in [0.1, 0.15) is 11.9 Å². The standard InChI is InChI=1S/C10H9ClO2S/c1-6-4-7(5-14-6)10(12)8-2-3-9(11)13-8/h2-5,10,12H,1H3. The molecule has 2 aromatic heterocycles. The number of furan rings is 1. The average Bonchev–Trinajstić information content (AvgIpc) is 2.73. The van der Waals surface area contributed by atoms with E-state index >= 15 is 0 Å². The van der Waals surface area contributed by atoms with Gasteiger partial charge in [-0.2, -0.15) is 0 Å². The molecule has 0 bridgehead atoms. The van der Waals surface area contributed by atoms with E-state index in [0.717, 1.165) is 10.4 Å². The Bertz CT molecular complexity index is 393. The molecule has 0 aliphatic heterocycles. The maximum atomic E-state index is 9.87. The first-order valence-electron chi connectivity index (χ1n) is 4.15. The molecule has 2 nitrogen and oxygen atoms in total. The van der Waals surface area contributed by atoms with Crippen molar-refractivity contribution in [1.29, 1.82) is 0 Å². The van der Waals surface area contributed by atoms with E-state index < -0.39 is 6.10 Å². The molecule has 0 saturated heterocycles. The Morgan fingerprint density at radius 2 is 2.29 bits per heavy atom. The van der Waals surface area contributed by atoms with Crippen LogP contribution in [0, 0.1) is 6.92 Å². The summed E-state index contributed by atoms with van der Waals surface area (Å²) in [6.45, 7) is 2.00. The lowest BCUT2D eigenvalue weighted by Crippen LogP contribution is -1.95. The lowest BCUT2D eigenvalue weighted by Gasteiger charge is -2.03. The second-order valence-electron chi connectivity index (χ2n) is 3.04. The van der Waals surface area contributed by atoms with Crippen LogP contribution in [0.5, 0.6) is 0 Å². The number of aliphatic hydroxyl groups excluding tert-OH is 1.